The number of sulfonamides is 1. The van der Waals surface area contributed by atoms with Crippen molar-refractivity contribution in [2.45, 2.75) is 4.90 Å². The fourth-order valence-corrected chi connectivity index (χ4v) is 2.58. The zero-order valence-corrected chi connectivity index (χ0v) is 12.7. The second-order valence-electron chi connectivity index (χ2n) is 4.83. The summed E-state index contributed by atoms with van der Waals surface area (Å²) >= 11 is 0. The monoisotopic (exact) mass is 306 g/mol. The Kier molecular flexibility index (Phi) is 4.06. The van der Waals surface area contributed by atoms with Crippen LogP contribution < -0.4 is 21.1 Å². The molecule has 5 N–H and O–H groups in total. The molecule has 2 rings (SSSR count). The van der Waals surface area contributed by atoms with E-state index in [-0.39, 0.29) is 10.6 Å². The number of nitrogen functional groups attached to an aromatic ring is 1. The molecule has 6 nitrogen and oxygen atoms in total. The van der Waals surface area contributed by atoms with Gasteiger partial charge in [0.05, 0.1) is 11.4 Å². The van der Waals surface area contributed by atoms with Gasteiger partial charge in [-0.05, 0) is 36.4 Å². The molecule has 0 aliphatic carbocycles. The Morgan fingerprint density at radius 1 is 1.05 bits per heavy atom. The number of hydrogen-bond donors (Lipinski definition) is 3. The van der Waals surface area contributed by atoms with Gasteiger partial charge in [0.15, 0.2) is 0 Å². The Labute approximate surface area is 124 Å². The van der Waals surface area contributed by atoms with Gasteiger partial charge in [-0.1, -0.05) is 6.07 Å². The minimum atomic E-state index is -3.84. The summed E-state index contributed by atoms with van der Waals surface area (Å²) < 4.78 is 22.9. The summed E-state index contributed by atoms with van der Waals surface area (Å²) in [6.07, 6.45) is 0. The van der Waals surface area contributed by atoms with E-state index in [0.717, 1.165) is 11.4 Å². The van der Waals surface area contributed by atoms with Gasteiger partial charge < -0.3 is 16.0 Å². The van der Waals surface area contributed by atoms with E-state index in [9.17, 15) is 8.42 Å². The quantitative estimate of drug-likeness (QED) is 0.747. The minimum Gasteiger partial charge on any atom is -0.396 e. The number of nitrogens with two attached hydrogens (primary N) is 2. The van der Waals surface area contributed by atoms with E-state index in [1.165, 1.54) is 6.07 Å². The molecule has 0 aromatic heterocycles. The third-order valence-corrected chi connectivity index (χ3v) is 4.00. The SMILES string of the molecule is CN(C)c1ccc(Nc2cccc(S(N)(=O)=O)c2N)cc1. The summed E-state index contributed by atoms with van der Waals surface area (Å²) in [4.78, 5) is 1.90. The van der Waals surface area contributed by atoms with Gasteiger partial charge in [-0.25, -0.2) is 13.6 Å². The van der Waals surface area contributed by atoms with Crippen molar-refractivity contribution in [3.63, 3.8) is 0 Å². The van der Waals surface area contributed by atoms with Crippen LogP contribution in [0.15, 0.2) is 47.4 Å². The lowest BCUT2D eigenvalue weighted by Gasteiger charge is -2.15. The van der Waals surface area contributed by atoms with E-state index in [0.29, 0.717) is 5.69 Å². The highest BCUT2D eigenvalue weighted by molar-refractivity contribution is 7.89. The molecule has 7 heteroatoms. The van der Waals surface area contributed by atoms with Crippen LogP contribution in [0.1, 0.15) is 0 Å². The number of primary sulfonamides is 1. The average molecular weight is 306 g/mol. The number of nitrogens with zero attached hydrogens (tertiary/aromatic N) is 1. The second kappa shape index (κ2) is 5.63. The number of hydrogen-bond acceptors (Lipinski definition) is 5. The average Bonchev–Trinajstić information content (AvgIpc) is 2.40. The Balaban J connectivity index is 2.32. The van der Waals surface area contributed by atoms with Crippen molar-refractivity contribution in [1.82, 2.24) is 0 Å². The van der Waals surface area contributed by atoms with Gasteiger partial charge in [0, 0.05) is 25.5 Å². The van der Waals surface area contributed by atoms with Crippen molar-refractivity contribution in [3.8, 4) is 0 Å². The van der Waals surface area contributed by atoms with Crippen LogP contribution >= 0.6 is 0 Å². The second-order valence-corrected chi connectivity index (χ2v) is 6.36. The highest BCUT2D eigenvalue weighted by atomic mass is 32.2. The van der Waals surface area contributed by atoms with E-state index < -0.39 is 10.0 Å². The summed E-state index contributed by atoms with van der Waals surface area (Å²) in [5.41, 5.74) is 8.34. The summed E-state index contributed by atoms with van der Waals surface area (Å²) in [7, 11) is 0.0708. The molecule has 0 aliphatic rings. The summed E-state index contributed by atoms with van der Waals surface area (Å²) in [5, 5.41) is 8.22. The van der Waals surface area contributed by atoms with Crippen molar-refractivity contribution in [2.75, 3.05) is 30.0 Å². The van der Waals surface area contributed by atoms with Crippen LogP contribution in [0.4, 0.5) is 22.7 Å². The molecule has 0 atom stereocenters. The largest absolute Gasteiger partial charge is 0.396 e. The molecule has 2 aromatic carbocycles. The Bertz CT molecular complexity index is 740. The highest BCUT2D eigenvalue weighted by Gasteiger charge is 2.14. The van der Waals surface area contributed by atoms with E-state index in [1.54, 1.807) is 12.1 Å². The van der Waals surface area contributed by atoms with Gasteiger partial charge in [0.1, 0.15) is 4.90 Å². The molecule has 0 radical (unpaired) electrons. The predicted octanol–water partition coefficient (Wildman–Crippen LogP) is 1.73. The van der Waals surface area contributed by atoms with Crippen LogP contribution in [0.3, 0.4) is 0 Å². The van der Waals surface area contributed by atoms with Crippen LogP contribution in [0.5, 0.6) is 0 Å². The first-order valence-corrected chi connectivity index (χ1v) is 7.79. The lowest BCUT2D eigenvalue weighted by Crippen LogP contribution is -2.15. The van der Waals surface area contributed by atoms with Crippen LogP contribution in [0, 0.1) is 0 Å². The van der Waals surface area contributed by atoms with Crippen molar-refractivity contribution < 1.29 is 8.42 Å². The lowest BCUT2D eigenvalue weighted by molar-refractivity contribution is 0.598. The van der Waals surface area contributed by atoms with Crippen LogP contribution in [0.25, 0.3) is 0 Å². The maximum atomic E-state index is 11.4. The molecule has 0 spiro atoms. The molecule has 0 bridgehead atoms. The summed E-state index contributed by atoms with van der Waals surface area (Å²) in [6.45, 7) is 0. The zero-order chi connectivity index (χ0) is 15.6. The van der Waals surface area contributed by atoms with Gasteiger partial charge in [-0.15, -0.1) is 0 Å². The standard InChI is InChI=1S/C14H18N4O2S/c1-18(2)11-8-6-10(7-9-11)17-12-4-3-5-13(14(12)15)21(16,19)20/h3-9,17H,15H2,1-2H3,(H2,16,19,20). The Hall–Kier alpha value is -2.25. The number of nitrogens with one attached hydrogen (secondary N) is 1. The zero-order valence-electron chi connectivity index (χ0n) is 11.9. The Morgan fingerprint density at radius 2 is 1.67 bits per heavy atom. The van der Waals surface area contributed by atoms with Gasteiger partial charge in [0.25, 0.3) is 0 Å². The highest BCUT2D eigenvalue weighted by Crippen LogP contribution is 2.29. The van der Waals surface area contributed by atoms with E-state index in [2.05, 4.69) is 5.32 Å². The van der Waals surface area contributed by atoms with Crippen LogP contribution in [0.2, 0.25) is 0 Å². The molecule has 0 amide bonds. The summed E-state index contributed by atoms with van der Waals surface area (Å²) in [6, 6.07) is 12.3. The van der Waals surface area contributed by atoms with Crippen molar-refractivity contribution >= 4 is 32.8 Å². The molecule has 0 unspecified atom stereocenters. The molecule has 2 aromatic rings. The molecule has 0 heterocycles. The van der Waals surface area contributed by atoms with Crippen molar-refractivity contribution in [3.05, 3.63) is 42.5 Å². The minimum absolute atomic E-state index is 0.0857. The molecular formula is C14H18N4O2S. The van der Waals surface area contributed by atoms with Crippen molar-refractivity contribution in [2.24, 2.45) is 5.14 Å². The molecule has 0 saturated carbocycles. The fraction of sp³-hybridized carbons (Fsp3) is 0.143. The molecule has 21 heavy (non-hydrogen) atoms. The van der Waals surface area contributed by atoms with Gasteiger partial charge >= 0.3 is 0 Å². The fourth-order valence-electron chi connectivity index (χ4n) is 1.90. The Morgan fingerprint density at radius 3 is 2.19 bits per heavy atom. The molecule has 0 aliphatic heterocycles. The molecule has 112 valence electrons. The van der Waals surface area contributed by atoms with Gasteiger partial charge in [-0.3, -0.25) is 0 Å². The van der Waals surface area contributed by atoms with E-state index in [1.807, 2.05) is 43.3 Å². The predicted molar refractivity (Wildman–Crippen MR) is 86.3 cm³/mol. The lowest BCUT2D eigenvalue weighted by atomic mass is 10.2. The maximum Gasteiger partial charge on any atom is 0.240 e. The third kappa shape index (κ3) is 3.45. The van der Waals surface area contributed by atoms with Crippen molar-refractivity contribution in [1.29, 1.82) is 0 Å². The number of anilines is 4. The van der Waals surface area contributed by atoms with Crippen LogP contribution in [-0.4, -0.2) is 22.5 Å². The maximum absolute atomic E-state index is 11.4. The molecule has 0 fully saturated rings. The summed E-state index contributed by atoms with van der Waals surface area (Å²) in [5.74, 6) is 0. The first kappa shape index (κ1) is 15.1. The number of benzene rings is 2. The molecule has 0 saturated heterocycles. The van der Waals surface area contributed by atoms with Crippen LogP contribution in [-0.2, 0) is 10.0 Å². The third-order valence-electron chi connectivity index (χ3n) is 3.04. The van der Waals surface area contributed by atoms with Gasteiger partial charge in [-0.2, -0.15) is 0 Å². The smallest absolute Gasteiger partial charge is 0.240 e. The number of para-hydroxylation sites is 1. The topological polar surface area (TPSA) is 101 Å². The first-order chi connectivity index (χ1) is 9.79. The van der Waals surface area contributed by atoms with E-state index in [4.69, 9.17) is 10.9 Å². The first-order valence-electron chi connectivity index (χ1n) is 6.25. The number of rotatable bonds is 4. The van der Waals surface area contributed by atoms with E-state index >= 15 is 0 Å². The normalized spacial score (nSPS) is 11.2. The van der Waals surface area contributed by atoms with Gasteiger partial charge in [0.2, 0.25) is 10.0 Å². The molecular weight excluding hydrogens is 288 g/mol.